The van der Waals surface area contributed by atoms with Crippen LogP contribution >= 0.6 is 0 Å². The molecule has 0 unspecified atom stereocenters. The number of hydrogen-bond donors (Lipinski definition) is 0. The van der Waals surface area contributed by atoms with Gasteiger partial charge >= 0.3 is 0 Å². The van der Waals surface area contributed by atoms with E-state index in [2.05, 4.69) is 49.7 Å². The number of aryl methyl sites for hydroxylation is 1. The fraction of sp³-hybridized carbons (Fsp3) is 0.737. The highest BCUT2D eigenvalue weighted by Gasteiger charge is 2.41. The van der Waals surface area contributed by atoms with E-state index < -0.39 is 0 Å². The van der Waals surface area contributed by atoms with Gasteiger partial charge in [0, 0.05) is 48.9 Å². The van der Waals surface area contributed by atoms with Gasteiger partial charge in [0.05, 0.1) is 0 Å². The molecule has 6 heteroatoms. The molecule has 3 heterocycles. The van der Waals surface area contributed by atoms with Crippen LogP contribution < -0.4 is 4.90 Å². The average Bonchev–Trinajstić information content (AvgIpc) is 3.03. The minimum atomic E-state index is -0.0290. The van der Waals surface area contributed by atoms with Crippen molar-refractivity contribution in [2.24, 2.45) is 5.41 Å². The van der Waals surface area contributed by atoms with Crippen molar-refractivity contribution >= 4 is 11.7 Å². The molecule has 1 aromatic heterocycles. The van der Waals surface area contributed by atoms with Gasteiger partial charge in [0.1, 0.15) is 5.82 Å². The minimum absolute atomic E-state index is 0.0290. The summed E-state index contributed by atoms with van der Waals surface area (Å²) in [6.07, 6.45) is 2.22. The quantitative estimate of drug-likeness (QED) is 0.836. The predicted octanol–water partition coefficient (Wildman–Crippen LogP) is 2.11. The fourth-order valence-electron chi connectivity index (χ4n) is 3.76. The van der Waals surface area contributed by atoms with Gasteiger partial charge in [-0.3, -0.25) is 4.79 Å². The standard InChI is InChI=1S/C19H31N5O/c1-7-19(4)11-24(12-19)18(25)16-20-14(3)13(2)17(21-16)23-9-8-15(10-23)22(5)6/h15H,7-12H2,1-6H3/t15-/m1/s1. The second-order valence-electron chi connectivity index (χ2n) is 8.26. The Bertz CT molecular complexity index is 666. The monoisotopic (exact) mass is 345 g/mol. The van der Waals surface area contributed by atoms with Gasteiger partial charge in [-0.15, -0.1) is 0 Å². The van der Waals surface area contributed by atoms with E-state index >= 15 is 0 Å². The number of likely N-dealkylation sites (N-methyl/N-ethyl adjacent to an activating group) is 1. The van der Waals surface area contributed by atoms with Crippen molar-refractivity contribution in [1.29, 1.82) is 0 Å². The summed E-state index contributed by atoms with van der Waals surface area (Å²) in [6.45, 7) is 12.0. The Morgan fingerprint density at radius 2 is 1.96 bits per heavy atom. The Kier molecular flexibility index (Phi) is 4.75. The summed E-state index contributed by atoms with van der Waals surface area (Å²) in [5.74, 6) is 1.25. The van der Waals surface area contributed by atoms with Gasteiger partial charge < -0.3 is 14.7 Å². The average molecular weight is 345 g/mol. The molecule has 2 fully saturated rings. The highest BCUT2D eigenvalue weighted by molar-refractivity contribution is 5.91. The van der Waals surface area contributed by atoms with Crippen LogP contribution in [0, 0.1) is 19.3 Å². The third kappa shape index (κ3) is 3.36. The zero-order valence-corrected chi connectivity index (χ0v) is 16.5. The van der Waals surface area contributed by atoms with Gasteiger partial charge in [-0.25, -0.2) is 9.97 Å². The molecule has 25 heavy (non-hydrogen) atoms. The third-order valence-electron chi connectivity index (χ3n) is 6.03. The summed E-state index contributed by atoms with van der Waals surface area (Å²) < 4.78 is 0. The molecule has 0 radical (unpaired) electrons. The summed E-state index contributed by atoms with van der Waals surface area (Å²) >= 11 is 0. The van der Waals surface area contributed by atoms with Crippen molar-refractivity contribution in [3.63, 3.8) is 0 Å². The lowest BCUT2D eigenvalue weighted by Crippen LogP contribution is -2.57. The molecule has 6 nitrogen and oxygen atoms in total. The first-order valence-electron chi connectivity index (χ1n) is 9.30. The molecule has 3 rings (SSSR count). The fourth-order valence-corrected chi connectivity index (χ4v) is 3.76. The van der Waals surface area contributed by atoms with Crippen LogP contribution in [0.25, 0.3) is 0 Å². The number of amides is 1. The molecule has 0 N–H and O–H groups in total. The van der Waals surface area contributed by atoms with E-state index in [1.54, 1.807) is 0 Å². The van der Waals surface area contributed by atoms with Gasteiger partial charge in [-0.2, -0.15) is 0 Å². The zero-order chi connectivity index (χ0) is 18.4. The number of likely N-dealkylation sites (tertiary alicyclic amines) is 1. The Balaban J connectivity index is 1.81. The zero-order valence-electron chi connectivity index (χ0n) is 16.5. The molecular weight excluding hydrogens is 314 g/mol. The molecule has 1 aromatic rings. The Hall–Kier alpha value is -1.69. The van der Waals surface area contributed by atoms with Crippen LogP contribution in [0.5, 0.6) is 0 Å². The minimum Gasteiger partial charge on any atom is -0.355 e. The van der Waals surface area contributed by atoms with E-state index in [9.17, 15) is 4.79 Å². The van der Waals surface area contributed by atoms with Gasteiger partial charge in [-0.05, 0) is 40.8 Å². The third-order valence-corrected chi connectivity index (χ3v) is 6.03. The molecule has 2 aliphatic rings. The van der Waals surface area contributed by atoms with Crippen molar-refractivity contribution < 1.29 is 4.79 Å². The highest BCUT2D eigenvalue weighted by atomic mass is 16.2. The van der Waals surface area contributed by atoms with Crippen molar-refractivity contribution in [2.45, 2.75) is 46.6 Å². The van der Waals surface area contributed by atoms with Crippen LogP contribution in [0.3, 0.4) is 0 Å². The largest absolute Gasteiger partial charge is 0.355 e. The second-order valence-corrected chi connectivity index (χ2v) is 8.26. The van der Waals surface area contributed by atoms with Crippen LogP contribution in [0.15, 0.2) is 0 Å². The van der Waals surface area contributed by atoms with Crippen molar-refractivity contribution in [3.8, 4) is 0 Å². The SMILES string of the molecule is CCC1(C)CN(C(=O)c2nc(C)c(C)c(N3CC[C@@H](N(C)C)C3)n2)C1. The van der Waals surface area contributed by atoms with Gasteiger partial charge in [0.25, 0.3) is 5.91 Å². The molecule has 0 saturated carbocycles. The number of nitrogens with zero attached hydrogens (tertiary/aromatic N) is 5. The number of aromatic nitrogens is 2. The van der Waals surface area contributed by atoms with Crippen LogP contribution in [0.4, 0.5) is 5.82 Å². The first kappa shape index (κ1) is 18.1. The first-order chi connectivity index (χ1) is 11.7. The lowest BCUT2D eigenvalue weighted by atomic mass is 9.79. The van der Waals surface area contributed by atoms with Crippen molar-refractivity contribution in [1.82, 2.24) is 19.8 Å². The summed E-state index contributed by atoms with van der Waals surface area (Å²) in [6, 6.07) is 0.537. The summed E-state index contributed by atoms with van der Waals surface area (Å²) in [5.41, 5.74) is 2.24. The maximum Gasteiger partial charge on any atom is 0.291 e. The topological polar surface area (TPSA) is 52.6 Å². The van der Waals surface area contributed by atoms with Crippen LogP contribution in [-0.2, 0) is 0 Å². The Morgan fingerprint density at radius 3 is 2.52 bits per heavy atom. The number of rotatable bonds is 4. The molecule has 2 saturated heterocycles. The molecule has 1 amide bonds. The van der Waals surface area contributed by atoms with Gasteiger partial charge in [-0.1, -0.05) is 13.8 Å². The van der Waals surface area contributed by atoms with Crippen molar-refractivity contribution in [2.75, 3.05) is 45.2 Å². The normalized spacial score (nSPS) is 22.4. The van der Waals surface area contributed by atoms with E-state index in [0.29, 0.717) is 11.9 Å². The smallest absolute Gasteiger partial charge is 0.291 e. The molecule has 1 atom stereocenters. The molecule has 0 aromatic carbocycles. The molecule has 138 valence electrons. The van der Waals surface area contributed by atoms with E-state index in [-0.39, 0.29) is 11.3 Å². The lowest BCUT2D eigenvalue weighted by Gasteiger charge is -2.47. The summed E-state index contributed by atoms with van der Waals surface area (Å²) in [5, 5.41) is 0. The van der Waals surface area contributed by atoms with Gasteiger partial charge in [0.2, 0.25) is 5.82 Å². The van der Waals surface area contributed by atoms with Crippen molar-refractivity contribution in [3.05, 3.63) is 17.1 Å². The van der Waals surface area contributed by atoms with E-state index in [1.807, 2.05) is 11.8 Å². The first-order valence-corrected chi connectivity index (χ1v) is 9.30. The maximum absolute atomic E-state index is 12.8. The van der Waals surface area contributed by atoms with E-state index in [1.165, 1.54) is 0 Å². The van der Waals surface area contributed by atoms with Crippen LogP contribution in [0.2, 0.25) is 0 Å². The number of anilines is 1. The Labute approximate surface area is 151 Å². The molecule has 0 aliphatic carbocycles. The Morgan fingerprint density at radius 1 is 1.28 bits per heavy atom. The lowest BCUT2D eigenvalue weighted by molar-refractivity contribution is 0.0123. The van der Waals surface area contributed by atoms with Gasteiger partial charge in [0.15, 0.2) is 0 Å². The number of carbonyl (C=O) groups is 1. The summed E-state index contributed by atoms with van der Waals surface area (Å²) in [7, 11) is 4.24. The van der Waals surface area contributed by atoms with Crippen LogP contribution in [-0.4, -0.2) is 72.0 Å². The molecular formula is C19H31N5O. The predicted molar refractivity (Wildman–Crippen MR) is 100 cm³/mol. The molecule has 2 aliphatic heterocycles. The summed E-state index contributed by atoms with van der Waals surface area (Å²) in [4.78, 5) is 28.4. The number of carbonyl (C=O) groups excluding carboxylic acids is 1. The van der Waals surface area contributed by atoms with E-state index in [0.717, 1.165) is 56.1 Å². The number of hydrogen-bond acceptors (Lipinski definition) is 5. The van der Waals surface area contributed by atoms with Crippen LogP contribution in [0.1, 0.15) is 48.6 Å². The molecule has 0 spiro atoms. The van der Waals surface area contributed by atoms with E-state index in [4.69, 9.17) is 4.98 Å². The molecule has 0 bridgehead atoms. The maximum atomic E-state index is 12.8. The highest BCUT2D eigenvalue weighted by Crippen LogP contribution is 2.34. The second kappa shape index (κ2) is 6.56.